The fourth-order valence-corrected chi connectivity index (χ4v) is 5.14. The van der Waals surface area contributed by atoms with Gasteiger partial charge in [0.1, 0.15) is 11.4 Å². The maximum Gasteiger partial charge on any atom is 0.132 e. The molecule has 0 bridgehead atoms. The Kier molecular flexibility index (Phi) is 10.2. The summed E-state index contributed by atoms with van der Waals surface area (Å²) in [6, 6.07) is 14.1. The lowest BCUT2D eigenvalue weighted by atomic mass is 9.94. The first-order chi connectivity index (χ1) is 16.5. The van der Waals surface area contributed by atoms with Gasteiger partial charge in [0.2, 0.25) is 0 Å². The second kappa shape index (κ2) is 12.9. The minimum Gasteiger partial charge on any atom is -0.485 e. The molecule has 1 saturated carbocycles. The average Bonchev–Trinajstić information content (AvgIpc) is 3.30. The van der Waals surface area contributed by atoms with Crippen LogP contribution >= 0.6 is 11.6 Å². The third-order valence-electron chi connectivity index (χ3n) is 6.60. The normalized spacial score (nSPS) is 23.8. The van der Waals surface area contributed by atoms with E-state index in [2.05, 4.69) is 18.2 Å². The molecule has 0 amide bonds. The van der Waals surface area contributed by atoms with Gasteiger partial charge in [0.25, 0.3) is 0 Å². The van der Waals surface area contributed by atoms with Gasteiger partial charge in [-0.05, 0) is 67.0 Å². The van der Waals surface area contributed by atoms with Crippen LogP contribution in [-0.4, -0.2) is 48.3 Å². The van der Waals surface area contributed by atoms with Gasteiger partial charge >= 0.3 is 0 Å². The molecule has 1 aliphatic carbocycles. The third-order valence-corrected chi connectivity index (χ3v) is 6.97. The Morgan fingerprint density at radius 3 is 2.41 bits per heavy atom. The smallest absolute Gasteiger partial charge is 0.132 e. The number of hydrogen-bond donors (Lipinski definition) is 2. The van der Waals surface area contributed by atoms with Crippen molar-refractivity contribution in [1.29, 1.82) is 0 Å². The van der Waals surface area contributed by atoms with Crippen molar-refractivity contribution in [2.24, 2.45) is 0 Å². The number of ether oxygens (including phenoxy) is 3. The first kappa shape index (κ1) is 27.0. The quantitative estimate of drug-likeness (QED) is 0.484. The van der Waals surface area contributed by atoms with Crippen LogP contribution in [-0.2, 0) is 15.9 Å². The van der Waals surface area contributed by atoms with E-state index in [9.17, 15) is 10.2 Å². The molecule has 1 heterocycles. The van der Waals surface area contributed by atoms with Crippen molar-refractivity contribution in [2.45, 2.75) is 82.7 Å². The Balaban J connectivity index is 0.00000158. The van der Waals surface area contributed by atoms with Crippen molar-refractivity contribution in [3.8, 4) is 5.75 Å². The predicted molar refractivity (Wildman–Crippen MR) is 136 cm³/mol. The molecule has 34 heavy (non-hydrogen) atoms. The van der Waals surface area contributed by atoms with E-state index in [-0.39, 0.29) is 24.4 Å². The number of benzene rings is 2. The highest BCUT2D eigenvalue weighted by Gasteiger charge is 2.36. The van der Waals surface area contributed by atoms with Crippen LogP contribution < -0.4 is 4.74 Å². The number of rotatable bonds is 8. The molecule has 6 heteroatoms. The van der Waals surface area contributed by atoms with Crippen LogP contribution in [0.25, 0.3) is 0 Å². The molecule has 0 spiro atoms. The van der Waals surface area contributed by atoms with Crippen LogP contribution in [0.4, 0.5) is 0 Å². The molecular formula is C28H39ClO5. The van der Waals surface area contributed by atoms with E-state index in [1.54, 1.807) is 7.11 Å². The number of methoxy groups -OCH3 is 1. The summed E-state index contributed by atoms with van der Waals surface area (Å²) in [5.41, 5.74) is 2.92. The van der Waals surface area contributed by atoms with E-state index in [4.69, 9.17) is 25.8 Å². The average molecular weight is 491 g/mol. The minimum atomic E-state index is -0.473. The van der Waals surface area contributed by atoms with Crippen molar-refractivity contribution in [1.82, 2.24) is 0 Å². The summed E-state index contributed by atoms with van der Waals surface area (Å²) in [6.07, 6.45) is 5.03. The van der Waals surface area contributed by atoms with E-state index in [0.717, 1.165) is 35.3 Å². The topological polar surface area (TPSA) is 68.2 Å². The fourth-order valence-electron chi connectivity index (χ4n) is 4.96. The van der Waals surface area contributed by atoms with Gasteiger partial charge in [-0.2, -0.15) is 0 Å². The lowest BCUT2D eigenvalue weighted by Gasteiger charge is -2.32. The van der Waals surface area contributed by atoms with Gasteiger partial charge in [0.05, 0.1) is 31.5 Å². The number of aliphatic hydroxyl groups is 2. The summed E-state index contributed by atoms with van der Waals surface area (Å²) in [5.74, 6) is 0.868. The van der Waals surface area contributed by atoms with E-state index < -0.39 is 6.10 Å². The van der Waals surface area contributed by atoms with Crippen LogP contribution in [0.15, 0.2) is 42.5 Å². The zero-order chi connectivity index (χ0) is 24.6. The first-order valence-electron chi connectivity index (χ1n) is 12.5. The second-order valence-corrected chi connectivity index (χ2v) is 9.56. The lowest BCUT2D eigenvalue weighted by Crippen LogP contribution is -2.37. The van der Waals surface area contributed by atoms with Crippen LogP contribution in [0.1, 0.15) is 75.2 Å². The molecule has 0 radical (unpaired) electrons. The van der Waals surface area contributed by atoms with Gasteiger partial charge in [0, 0.05) is 25.0 Å². The maximum absolute atomic E-state index is 10.1. The van der Waals surface area contributed by atoms with Crippen molar-refractivity contribution in [3.63, 3.8) is 0 Å². The van der Waals surface area contributed by atoms with Crippen molar-refractivity contribution in [2.75, 3.05) is 20.3 Å². The van der Waals surface area contributed by atoms with Crippen LogP contribution in [0, 0.1) is 0 Å². The zero-order valence-corrected chi connectivity index (χ0v) is 21.4. The summed E-state index contributed by atoms with van der Waals surface area (Å²) in [4.78, 5) is 0. The van der Waals surface area contributed by atoms with Crippen molar-refractivity contribution < 1.29 is 24.4 Å². The Labute approximate surface area is 209 Å². The highest BCUT2D eigenvalue weighted by molar-refractivity contribution is 6.31. The number of hydrogen-bond acceptors (Lipinski definition) is 5. The molecule has 1 aliphatic heterocycles. The molecule has 2 aromatic carbocycles. The molecule has 188 valence electrons. The molecule has 0 aromatic heterocycles. The molecule has 2 aromatic rings. The zero-order valence-electron chi connectivity index (χ0n) is 20.6. The van der Waals surface area contributed by atoms with Gasteiger partial charge < -0.3 is 24.4 Å². The number of halogens is 1. The molecule has 2 fully saturated rings. The summed E-state index contributed by atoms with van der Waals surface area (Å²) in [5, 5.41) is 20.3. The Morgan fingerprint density at radius 1 is 1.06 bits per heavy atom. The summed E-state index contributed by atoms with van der Waals surface area (Å²) in [7, 11) is 1.73. The van der Waals surface area contributed by atoms with Gasteiger partial charge in [-0.3, -0.25) is 0 Å². The second-order valence-electron chi connectivity index (χ2n) is 9.15. The summed E-state index contributed by atoms with van der Waals surface area (Å²) < 4.78 is 17.7. The molecule has 5 nitrogen and oxygen atoms in total. The summed E-state index contributed by atoms with van der Waals surface area (Å²) >= 11 is 6.50. The molecule has 1 saturated heterocycles. The van der Waals surface area contributed by atoms with Crippen LogP contribution in [0.2, 0.25) is 5.02 Å². The molecule has 0 unspecified atom stereocenters. The Bertz CT molecular complexity index is 879. The first-order valence-corrected chi connectivity index (χ1v) is 12.9. The van der Waals surface area contributed by atoms with Gasteiger partial charge in [-0.15, -0.1) is 0 Å². The minimum absolute atomic E-state index is 0.0892. The van der Waals surface area contributed by atoms with E-state index >= 15 is 0 Å². The largest absolute Gasteiger partial charge is 0.485 e. The molecule has 4 rings (SSSR count). The molecular weight excluding hydrogens is 452 g/mol. The highest BCUT2D eigenvalue weighted by atomic mass is 35.5. The third kappa shape index (κ3) is 6.96. The molecule has 2 N–H and O–H groups in total. The monoisotopic (exact) mass is 490 g/mol. The van der Waals surface area contributed by atoms with Crippen LogP contribution in [0.5, 0.6) is 5.75 Å². The Morgan fingerprint density at radius 2 is 1.76 bits per heavy atom. The van der Waals surface area contributed by atoms with Gasteiger partial charge in [-0.1, -0.05) is 49.7 Å². The van der Waals surface area contributed by atoms with E-state index in [1.165, 1.54) is 12.8 Å². The molecule has 2 aliphatic rings. The van der Waals surface area contributed by atoms with Crippen molar-refractivity contribution in [3.05, 3.63) is 64.2 Å². The fraction of sp³-hybridized carbons (Fsp3) is 0.571. The number of aliphatic hydroxyl groups excluding tert-OH is 2. The molecule has 3 atom stereocenters. The Hall–Kier alpha value is -1.63. The predicted octanol–water partition coefficient (Wildman–Crippen LogP) is 5.87. The van der Waals surface area contributed by atoms with Crippen LogP contribution in [0.3, 0.4) is 0 Å². The van der Waals surface area contributed by atoms with E-state index in [1.807, 2.05) is 38.1 Å². The lowest BCUT2D eigenvalue weighted by molar-refractivity contribution is -0.113. The summed E-state index contributed by atoms with van der Waals surface area (Å²) in [6.45, 7) is 4.53. The van der Waals surface area contributed by atoms with Crippen molar-refractivity contribution >= 4 is 11.6 Å². The van der Waals surface area contributed by atoms with Gasteiger partial charge in [0.15, 0.2) is 0 Å². The van der Waals surface area contributed by atoms with Gasteiger partial charge in [-0.25, -0.2) is 0 Å². The maximum atomic E-state index is 10.1. The van der Waals surface area contributed by atoms with E-state index in [0.29, 0.717) is 30.9 Å². The SMILES string of the molecule is CC.COCC1(Oc2ccc(Cc3cc([C@H]4C[C@@H](O)C[C@@H](CO)O4)ccc3Cl)cc2)CCCC1. The standard InChI is InChI=1S/C26H33ClO5.C2H6/c1-30-17-26(10-2-3-11-26)32-22-7-4-18(5-8-22)12-20-13-19(6-9-24(20)27)25-15-21(29)14-23(16-28)31-25;1-2/h4-9,13,21,23,25,28-29H,2-3,10-12,14-17H2,1H3;1-2H3/t21-,23-,25+;/m0./s1. The highest BCUT2D eigenvalue weighted by Crippen LogP contribution is 2.36.